The van der Waals surface area contributed by atoms with Crippen molar-refractivity contribution in [3.63, 3.8) is 0 Å². The first-order chi connectivity index (χ1) is 7.81. The molecule has 0 spiro atoms. The number of hydrogen-bond acceptors (Lipinski definition) is 2. The highest BCUT2D eigenvalue weighted by Gasteiger charge is 2.32. The molecule has 2 unspecified atom stereocenters. The Morgan fingerprint density at radius 2 is 1.81 bits per heavy atom. The summed E-state index contributed by atoms with van der Waals surface area (Å²) in [5.74, 6) is 0. The van der Waals surface area contributed by atoms with Crippen molar-refractivity contribution < 1.29 is 4.79 Å². The van der Waals surface area contributed by atoms with Gasteiger partial charge in [-0.3, -0.25) is 0 Å². The third kappa shape index (κ3) is 2.32. The zero-order chi connectivity index (χ0) is 11.0. The third-order valence-electron chi connectivity index (χ3n) is 4.07. The summed E-state index contributed by atoms with van der Waals surface area (Å²) in [6.07, 6.45) is 7.25. The van der Waals surface area contributed by atoms with E-state index in [9.17, 15) is 4.79 Å². The Labute approximate surface area is 96.8 Å². The molecular weight excluding hydrogens is 202 g/mol. The van der Waals surface area contributed by atoms with Crippen molar-refractivity contribution in [1.29, 1.82) is 0 Å². The Kier molecular flexibility index (Phi) is 2.75. The van der Waals surface area contributed by atoms with E-state index in [0.717, 1.165) is 31.7 Å². The van der Waals surface area contributed by atoms with Gasteiger partial charge in [0.1, 0.15) is 0 Å². The number of piperidine rings is 1. The van der Waals surface area contributed by atoms with Crippen molar-refractivity contribution in [1.82, 2.24) is 15.5 Å². The van der Waals surface area contributed by atoms with Crippen LogP contribution in [0.25, 0.3) is 0 Å². The second kappa shape index (κ2) is 4.24. The predicted molar refractivity (Wildman–Crippen MR) is 62.3 cm³/mol. The van der Waals surface area contributed by atoms with Crippen LogP contribution >= 0.6 is 0 Å². The quantitative estimate of drug-likeness (QED) is 0.735. The molecule has 90 valence electrons. The number of nitrogens with zero attached hydrogens (tertiary/aromatic N) is 1. The molecule has 0 aromatic heterocycles. The first-order valence-electron chi connectivity index (χ1n) is 6.62. The lowest BCUT2D eigenvalue weighted by Gasteiger charge is -2.35. The van der Waals surface area contributed by atoms with Gasteiger partial charge in [-0.1, -0.05) is 0 Å². The summed E-state index contributed by atoms with van der Waals surface area (Å²) in [5.41, 5.74) is 0. The van der Waals surface area contributed by atoms with Crippen LogP contribution in [0.15, 0.2) is 0 Å². The third-order valence-corrected chi connectivity index (χ3v) is 4.07. The van der Waals surface area contributed by atoms with Crippen molar-refractivity contribution in [2.45, 2.75) is 56.7 Å². The van der Waals surface area contributed by atoms with Gasteiger partial charge in [0.05, 0.1) is 0 Å². The molecule has 0 aromatic carbocycles. The molecule has 2 saturated heterocycles. The van der Waals surface area contributed by atoms with Crippen molar-refractivity contribution >= 4 is 6.03 Å². The van der Waals surface area contributed by atoms with Crippen LogP contribution in [0, 0.1) is 0 Å². The van der Waals surface area contributed by atoms with Crippen molar-refractivity contribution in [2.75, 3.05) is 13.1 Å². The zero-order valence-corrected chi connectivity index (χ0v) is 9.74. The fraction of sp³-hybridized carbons (Fsp3) is 0.917. The van der Waals surface area contributed by atoms with E-state index in [1.165, 1.54) is 25.9 Å². The van der Waals surface area contributed by atoms with Crippen LogP contribution in [0.3, 0.4) is 0 Å². The van der Waals surface area contributed by atoms with Gasteiger partial charge in [-0.15, -0.1) is 0 Å². The maximum atomic E-state index is 11.6. The van der Waals surface area contributed by atoms with Gasteiger partial charge in [0.15, 0.2) is 0 Å². The number of fused-ring (bicyclic) bond motifs is 1. The number of amides is 2. The van der Waals surface area contributed by atoms with Crippen LogP contribution in [0.2, 0.25) is 0 Å². The standard InChI is InChI=1S/C12H21N3O/c16-12(13-9-3-4-9)14-10-5-7-15-6-1-2-11(15)8-10/h9-11H,1-8H2,(H2,13,14,16). The smallest absolute Gasteiger partial charge is 0.315 e. The Morgan fingerprint density at radius 1 is 1.00 bits per heavy atom. The molecule has 0 bridgehead atoms. The number of hydrogen-bond donors (Lipinski definition) is 2. The highest BCUT2D eigenvalue weighted by Crippen LogP contribution is 2.26. The molecule has 2 heterocycles. The molecule has 2 atom stereocenters. The molecule has 1 saturated carbocycles. The largest absolute Gasteiger partial charge is 0.335 e. The number of carbonyl (C=O) groups excluding carboxylic acids is 1. The average Bonchev–Trinajstić information content (AvgIpc) is 2.95. The second-order valence-electron chi connectivity index (χ2n) is 5.45. The summed E-state index contributed by atoms with van der Waals surface area (Å²) >= 11 is 0. The van der Waals surface area contributed by atoms with Crippen molar-refractivity contribution in [2.24, 2.45) is 0 Å². The van der Waals surface area contributed by atoms with Gasteiger partial charge in [0.2, 0.25) is 0 Å². The lowest BCUT2D eigenvalue weighted by molar-refractivity contribution is 0.166. The number of rotatable bonds is 2. The molecule has 0 aromatic rings. The van der Waals surface area contributed by atoms with Gasteiger partial charge < -0.3 is 15.5 Å². The maximum Gasteiger partial charge on any atom is 0.315 e. The normalized spacial score (nSPS) is 34.5. The molecule has 3 aliphatic rings. The van der Waals surface area contributed by atoms with E-state index in [1.807, 2.05) is 0 Å². The molecule has 4 nitrogen and oxygen atoms in total. The average molecular weight is 223 g/mol. The van der Waals surface area contributed by atoms with Crippen molar-refractivity contribution in [3.05, 3.63) is 0 Å². The monoisotopic (exact) mass is 223 g/mol. The molecule has 1 aliphatic carbocycles. The van der Waals surface area contributed by atoms with Crippen LogP contribution in [-0.2, 0) is 0 Å². The highest BCUT2D eigenvalue weighted by molar-refractivity contribution is 5.74. The van der Waals surface area contributed by atoms with E-state index < -0.39 is 0 Å². The SMILES string of the molecule is O=C(NC1CC1)NC1CCN2CCCC2C1. The summed E-state index contributed by atoms with van der Waals surface area (Å²) < 4.78 is 0. The lowest BCUT2D eigenvalue weighted by atomic mass is 9.98. The molecule has 2 N–H and O–H groups in total. The van der Waals surface area contributed by atoms with E-state index in [4.69, 9.17) is 0 Å². The molecule has 2 aliphatic heterocycles. The van der Waals surface area contributed by atoms with Gasteiger partial charge >= 0.3 is 6.03 Å². The molecule has 3 fully saturated rings. The first kappa shape index (κ1) is 10.4. The fourth-order valence-corrected chi connectivity index (χ4v) is 3.00. The minimum Gasteiger partial charge on any atom is -0.335 e. The Bertz CT molecular complexity index is 277. The molecule has 4 heteroatoms. The molecule has 0 radical (unpaired) electrons. The van der Waals surface area contributed by atoms with E-state index in [-0.39, 0.29) is 6.03 Å². The van der Waals surface area contributed by atoms with Crippen LogP contribution < -0.4 is 10.6 Å². The van der Waals surface area contributed by atoms with E-state index >= 15 is 0 Å². The summed E-state index contributed by atoms with van der Waals surface area (Å²) in [6.45, 7) is 2.44. The van der Waals surface area contributed by atoms with Crippen LogP contribution in [0.1, 0.15) is 38.5 Å². The molecule has 3 rings (SSSR count). The van der Waals surface area contributed by atoms with Crippen LogP contribution in [0.4, 0.5) is 4.79 Å². The lowest BCUT2D eigenvalue weighted by Crippen LogP contribution is -2.50. The highest BCUT2D eigenvalue weighted by atomic mass is 16.2. The summed E-state index contributed by atoms with van der Waals surface area (Å²) in [5, 5.41) is 6.12. The first-order valence-corrected chi connectivity index (χ1v) is 6.62. The van der Waals surface area contributed by atoms with E-state index in [2.05, 4.69) is 15.5 Å². The molecule has 2 amide bonds. The number of nitrogens with one attached hydrogen (secondary N) is 2. The van der Waals surface area contributed by atoms with E-state index in [1.54, 1.807) is 0 Å². The molecule has 16 heavy (non-hydrogen) atoms. The number of carbonyl (C=O) groups is 1. The number of urea groups is 1. The van der Waals surface area contributed by atoms with Crippen molar-refractivity contribution in [3.8, 4) is 0 Å². The van der Waals surface area contributed by atoms with Gasteiger partial charge in [-0.2, -0.15) is 0 Å². The van der Waals surface area contributed by atoms with Gasteiger partial charge in [0.25, 0.3) is 0 Å². The zero-order valence-electron chi connectivity index (χ0n) is 9.74. The van der Waals surface area contributed by atoms with Crippen LogP contribution in [-0.4, -0.2) is 42.1 Å². The fourth-order valence-electron chi connectivity index (χ4n) is 3.00. The van der Waals surface area contributed by atoms with E-state index in [0.29, 0.717) is 12.1 Å². The molecular formula is C12H21N3O. The summed E-state index contributed by atoms with van der Waals surface area (Å²) in [7, 11) is 0. The predicted octanol–water partition coefficient (Wildman–Crippen LogP) is 1.07. The maximum absolute atomic E-state index is 11.6. The minimum absolute atomic E-state index is 0.0546. The summed E-state index contributed by atoms with van der Waals surface area (Å²) in [6, 6.07) is 1.66. The van der Waals surface area contributed by atoms with Gasteiger partial charge in [0, 0.05) is 24.7 Å². The Balaban J connectivity index is 1.46. The van der Waals surface area contributed by atoms with Gasteiger partial charge in [-0.05, 0) is 45.1 Å². The van der Waals surface area contributed by atoms with Crippen LogP contribution in [0.5, 0.6) is 0 Å². The second-order valence-corrected chi connectivity index (χ2v) is 5.45. The topological polar surface area (TPSA) is 44.4 Å². The Hall–Kier alpha value is -0.770. The summed E-state index contributed by atoms with van der Waals surface area (Å²) in [4.78, 5) is 14.2. The Morgan fingerprint density at radius 3 is 2.62 bits per heavy atom. The van der Waals surface area contributed by atoms with Gasteiger partial charge in [-0.25, -0.2) is 4.79 Å². The minimum atomic E-state index is 0.0546.